The average molecular weight is 293 g/mol. The molecule has 0 heterocycles. The van der Waals surface area contributed by atoms with Crippen LogP contribution in [0, 0.1) is 20.8 Å². The zero-order chi connectivity index (χ0) is 15.7. The highest BCUT2D eigenvalue weighted by molar-refractivity contribution is 5.39. The lowest BCUT2D eigenvalue weighted by molar-refractivity contribution is 0.0392. The SMILES string of the molecule is CCCOCCOCC(NCC)c1c(C)cc(C)cc1C. The van der Waals surface area contributed by atoms with Crippen molar-refractivity contribution in [3.8, 4) is 0 Å². The normalized spacial score (nSPS) is 12.6. The lowest BCUT2D eigenvalue weighted by Gasteiger charge is -2.23. The number of hydrogen-bond donors (Lipinski definition) is 1. The summed E-state index contributed by atoms with van der Waals surface area (Å²) in [5.41, 5.74) is 5.36. The van der Waals surface area contributed by atoms with E-state index in [1.165, 1.54) is 22.3 Å². The molecule has 120 valence electrons. The van der Waals surface area contributed by atoms with Crippen molar-refractivity contribution in [2.45, 2.75) is 47.1 Å². The Kier molecular flexibility index (Phi) is 8.58. The second-order valence-corrected chi connectivity index (χ2v) is 5.61. The Morgan fingerprint density at radius 2 is 1.57 bits per heavy atom. The second-order valence-electron chi connectivity index (χ2n) is 5.61. The third-order valence-corrected chi connectivity index (χ3v) is 3.54. The molecule has 0 spiro atoms. The minimum absolute atomic E-state index is 0.252. The predicted molar refractivity (Wildman–Crippen MR) is 89.0 cm³/mol. The monoisotopic (exact) mass is 293 g/mol. The summed E-state index contributed by atoms with van der Waals surface area (Å²) >= 11 is 0. The maximum Gasteiger partial charge on any atom is 0.0701 e. The van der Waals surface area contributed by atoms with Gasteiger partial charge in [-0.25, -0.2) is 0 Å². The number of ether oxygens (including phenoxy) is 2. The summed E-state index contributed by atoms with van der Waals surface area (Å²) in [6, 6.07) is 4.75. The van der Waals surface area contributed by atoms with Crippen molar-refractivity contribution in [1.82, 2.24) is 5.32 Å². The molecule has 3 nitrogen and oxygen atoms in total. The molecular weight excluding hydrogens is 262 g/mol. The fraction of sp³-hybridized carbons (Fsp3) is 0.667. The Morgan fingerprint density at radius 1 is 0.952 bits per heavy atom. The zero-order valence-corrected chi connectivity index (χ0v) is 14.3. The third-order valence-electron chi connectivity index (χ3n) is 3.54. The first-order valence-electron chi connectivity index (χ1n) is 8.06. The maximum atomic E-state index is 5.80. The lowest BCUT2D eigenvalue weighted by Crippen LogP contribution is -2.27. The Morgan fingerprint density at radius 3 is 2.14 bits per heavy atom. The van der Waals surface area contributed by atoms with Gasteiger partial charge in [0.05, 0.1) is 25.9 Å². The van der Waals surface area contributed by atoms with E-state index in [2.05, 4.69) is 52.1 Å². The van der Waals surface area contributed by atoms with E-state index in [-0.39, 0.29) is 6.04 Å². The van der Waals surface area contributed by atoms with Gasteiger partial charge in [0.25, 0.3) is 0 Å². The van der Waals surface area contributed by atoms with Crippen LogP contribution in [0.2, 0.25) is 0 Å². The molecule has 1 aromatic rings. The molecule has 0 aromatic heterocycles. The molecular formula is C18H31NO2. The number of benzene rings is 1. The summed E-state index contributed by atoms with van der Waals surface area (Å²) < 4.78 is 11.3. The molecule has 0 aliphatic rings. The van der Waals surface area contributed by atoms with Gasteiger partial charge in [0.2, 0.25) is 0 Å². The van der Waals surface area contributed by atoms with Crippen LogP contribution < -0.4 is 5.32 Å². The van der Waals surface area contributed by atoms with Gasteiger partial charge in [0.15, 0.2) is 0 Å². The molecule has 1 atom stereocenters. The van der Waals surface area contributed by atoms with E-state index < -0.39 is 0 Å². The first kappa shape index (κ1) is 18.1. The van der Waals surface area contributed by atoms with Crippen LogP contribution in [0.3, 0.4) is 0 Å². The molecule has 0 aliphatic heterocycles. The smallest absolute Gasteiger partial charge is 0.0701 e. The van der Waals surface area contributed by atoms with E-state index in [1.807, 2.05) is 0 Å². The number of nitrogens with one attached hydrogen (secondary N) is 1. The van der Waals surface area contributed by atoms with E-state index in [0.29, 0.717) is 19.8 Å². The summed E-state index contributed by atoms with van der Waals surface area (Å²) in [5.74, 6) is 0. The minimum Gasteiger partial charge on any atom is -0.379 e. The van der Waals surface area contributed by atoms with Gasteiger partial charge < -0.3 is 14.8 Å². The van der Waals surface area contributed by atoms with Crippen LogP contribution in [-0.2, 0) is 9.47 Å². The highest BCUT2D eigenvalue weighted by Crippen LogP contribution is 2.24. The maximum absolute atomic E-state index is 5.80. The van der Waals surface area contributed by atoms with Crippen molar-refractivity contribution in [2.75, 3.05) is 33.0 Å². The molecule has 21 heavy (non-hydrogen) atoms. The van der Waals surface area contributed by atoms with Gasteiger partial charge in [-0.2, -0.15) is 0 Å². The van der Waals surface area contributed by atoms with Crippen LogP contribution in [0.4, 0.5) is 0 Å². The third kappa shape index (κ3) is 6.16. The van der Waals surface area contributed by atoms with Crippen molar-refractivity contribution in [3.63, 3.8) is 0 Å². The average Bonchev–Trinajstić information content (AvgIpc) is 2.41. The molecule has 0 amide bonds. The van der Waals surface area contributed by atoms with Gasteiger partial charge in [-0.05, 0) is 50.4 Å². The molecule has 0 bridgehead atoms. The predicted octanol–water partition coefficient (Wildman–Crippen LogP) is 3.71. The molecule has 0 fully saturated rings. The van der Waals surface area contributed by atoms with Crippen molar-refractivity contribution in [3.05, 3.63) is 34.4 Å². The van der Waals surface area contributed by atoms with Gasteiger partial charge in [-0.3, -0.25) is 0 Å². The summed E-state index contributed by atoms with van der Waals surface area (Å²) in [6.07, 6.45) is 1.06. The van der Waals surface area contributed by atoms with Crippen LogP contribution in [0.25, 0.3) is 0 Å². The highest BCUT2D eigenvalue weighted by atomic mass is 16.5. The molecule has 3 heteroatoms. The summed E-state index contributed by atoms with van der Waals surface area (Å²) in [6.45, 7) is 14.5. The molecule has 0 saturated heterocycles. The quantitative estimate of drug-likeness (QED) is 0.667. The first-order chi connectivity index (χ1) is 10.1. The Labute approximate surface area is 130 Å². The van der Waals surface area contributed by atoms with Crippen molar-refractivity contribution < 1.29 is 9.47 Å². The Balaban J connectivity index is 2.61. The van der Waals surface area contributed by atoms with Crippen LogP contribution in [0.15, 0.2) is 12.1 Å². The first-order valence-corrected chi connectivity index (χ1v) is 8.06. The summed E-state index contributed by atoms with van der Waals surface area (Å²) in [5, 5.41) is 3.54. The number of hydrogen-bond acceptors (Lipinski definition) is 3. The fourth-order valence-corrected chi connectivity index (χ4v) is 2.80. The van der Waals surface area contributed by atoms with Gasteiger partial charge in [0.1, 0.15) is 0 Å². The standard InChI is InChI=1S/C18H31NO2/c1-6-8-20-9-10-21-13-17(19-7-2)18-15(4)11-14(3)12-16(18)5/h11-12,17,19H,6-10,13H2,1-5H3. The molecule has 1 unspecified atom stereocenters. The second kappa shape index (κ2) is 9.93. The zero-order valence-electron chi connectivity index (χ0n) is 14.3. The van der Waals surface area contributed by atoms with E-state index in [1.54, 1.807) is 0 Å². The van der Waals surface area contributed by atoms with Gasteiger partial charge >= 0.3 is 0 Å². The van der Waals surface area contributed by atoms with Gasteiger partial charge in [0, 0.05) is 6.61 Å². The summed E-state index contributed by atoms with van der Waals surface area (Å²) in [7, 11) is 0. The topological polar surface area (TPSA) is 30.5 Å². The largest absolute Gasteiger partial charge is 0.379 e. The minimum atomic E-state index is 0.252. The van der Waals surface area contributed by atoms with Crippen LogP contribution in [0.5, 0.6) is 0 Å². The Hall–Kier alpha value is -0.900. The highest BCUT2D eigenvalue weighted by Gasteiger charge is 2.15. The van der Waals surface area contributed by atoms with Crippen molar-refractivity contribution >= 4 is 0 Å². The number of likely N-dealkylation sites (N-methyl/N-ethyl adjacent to an activating group) is 1. The number of aryl methyl sites for hydroxylation is 3. The molecule has 1 rings (SSSR count). The van der Waals surface area contributed by atoms with Crippen LogP contribution in [-0.4, -0.2) is 33.0 Å². The van der Waals surface area contributed by atoms with E-state index >= 15 is 0 Å². The van der Waals surface area contributed by atoms with Crippen molar-refractivity contribution in [2.24, 2.45) is 0 Å². The van der Waals surface area contributed by atoms with E-state index in [9.17, 15) is 0 Å². The molecule has 0 radical (unpaired) electrons. The van der Waals surface area contributed by atoms with Gasteiger partial charge in [-0.15, -0.1) is 0 Å². The molecule has 0 aliphatic carbocycles. The number of rotatable bonds is 10. The molecule has 1 aromatic carbocycles. The lowest BCUT2D eigenvalue weighted by atomic mass is 9.94. The van der Waals surface area contributed by atoms with Crippen LogP contribution in [0.1, 0.15) is 48.6 Å². The molecule has 0 saturated carbocycles. The Bertz CT molecular complexity index is 395. The summed E-state index contributed by atoms with van der Waals surface area (Å²) in [4.78, 5) is 0. The fourth-order valence-electron chi connectivity index (χ4n) is 2.80. The van der Waals surface area contributed by atoms with E-state index in [4.69, 9.17) is 9.47 Å². The van der Waals surface area contributed by atoms with Crippen LogP contribution >= 0.6 is 0 Å². The van der Waals surface area contributed by atoms with E-state index in [0.717, 1.165) is 19.6 Å². The molecule has 1 N–H and O–H groups in total. The van der Waals surface area contributed by atoms with Crippen molar-refractivity contribution in [1.29, 1.82) is 0 Å². The van der Waals surface area contributed by atoms with Gasteiger partial charge in [-0.1, -0.05) is 31.5 Å².